The highest BCUT2D eigenvalue weighted by molar-refractivity contribution is 7.89. The van der Waals surface area contributed by atoms with Crippen molar-refractivity contribution in [3.05, 3.63) is 30.0 Å². The number of ether oxygens (including phenoxy) is 3. The second-order valence-corrected chi connectivity index (χ2v) is 8.32. The predicted octanol–water partition coefficient (Wildman–Crippen LogP) is 2.73. The van der Waals surface area contributed by atoms with Crippen LogP contribution in [0, 0.1) is 0 Å². The number of rotatable bonds is 7. The quantitative estimate of drug-likeness (QED) is 0.728. The van der Waals surface area contributed by atoms with Crippen molar-refractivity contribution in [2.24, 2.45) is 0 Å². The molecule has 10 heteroatoms. The maximum Gasteiger partial charge on any atom is 0.291 e. The van der Waals surface area contributed by atoms with Crippen LogP contribution in [0.1, 0.15) is 29.8 Å². The molecule has 9 nitrogen and oxygen atoms in total. The lowest BCUT2D eigenvalue weighted by Gasteiger charge is -2.24. The van der Waals surface area contributed by atoms with Gasteiger partial charge in [-0.2, -0.15) is 4.31 Å². The Morgan fingerprint density at radius 3 is 2.17 bits per heavy atom. The van der Waals surface area contributed by atoms with Crippen molar-refractivity contribution in [2.75, 3.05) is 39.7 Å². The Balaban J connectivity index is 1.80. The van der Waals surface area contributed by atoms with Crippen LogP contribution in [0.2, 0.25) is 0 Å². The monoisotopic (exact) mass is 424 g/mol. The van der Waals surface area contributed by atoms with Gasteiger partial charge in [0, 0.05) is 30.9 Å². The molecule has 0 aliphatic carbocycles. The third-order valence-electron chi connectivity index (χ3n) is 4.64. The minimum absolute atomic E-state index is 0.116. The molecule has 1 saturated heterocycles. The number of anilines is 1. The molecule has 2 heterocycles. The van der Waals surface area contributed by atoms with E-state index in [-0.39, 0.29) is 10.9 Å². The largest absolute Gasteiger partial charge is 0.493 e. The fourth-order valence-corrected chi connectivity index (χ4v) is 4.59. The lowest BCUT2D eigenvalue weighted by atomic mass is 10.2. The van der Waals surface area contributed by atoms with Crippen molar-refractivity contribution in [3.8, 4) is 17.2 Å². The summed E-state index contributed by atoms with van der Waals surface area (Å²) < 4.78 is 47.9. The molecule has 1 N–H and O–H groups in total. The van der Waals surface area contributed by atoms with E-state index in [2.05, 4.69) is 5.32 Å². The zero-order valence-electron chi connectivity index (χ0n) is 16.6. The van der Waals surface area contributed by atoms with Crippen molar-refractivity contribution in [3.63, 3.8) is 0 Å². The molecule has 29 heavy (non-hydrogen) atoms. The molecule has 1 amide bonds. The van der Waals surface area contributed by atoms with E-state index in [0.717, 1.165) is 19.3 Å². The van der Waals surface area contributed by atoms with Crippen LogP contribution in [-0.2, 0) is 10.0 Å². The van der Waals surface area contributed by atoms with Gasteiger partial charge in [-0.25, -0.2) is 8.42 Å². The lowest BCUT2D eigenvalue weighted by molar-refractivity contribution is 0.0991. The molecule has 0 unspecified atom stereocenters. The molecule has 1 aromatic heterocycles. The maximum atomic E-state index is 12.7. The molecule has 1 aliphatic rings. The summed E-state index contributed by atoms with van der Waals surface area (Å²) in [5.74, 6) is 0.416. The first-order valence-corrected chi connectivity index (χ1v) is 10.6. The van der Waals surface area contributed by atoms with Gasteiger partial charge in [0.25, 0.3) is 15.9 Å². The van der Waals surface area contributed by atoms with Crippen LogP contribution in [0.3, 0.4) is 0 Å². The molecule has 158 valence electrons. The minimum atomic E-state index is -3.75. The summed E-state index contributed by atoms with van der Waals surface area (Å²) in [7, 11) is 0.661. The molecule has 1 aliphatic heterocycles. The lowest BCUT2D eigenvalue weighted by Crippen LogP contribution is -2.35. The van der Waals surface area contributed by atoms with Gasteiger partial charge in [0.05, 0.1) is 21.3 Å². The molecular weight excluding hydrogens is 400 g/mol. The van der Waals surface area contributed by atoms with Gasteiger partial charge >= 0.3 is 0 Å². The zero-order chi connectivity index (χ0) is 21.0. The fourth-order valence-electron chi connectivity index (χ4n) is 3.16. The fraction of sp³-hybridized carbons (Fsp3) is 0.421. The minimum Gasteiger partial charge on any atom is -0.493 e. The molecule has 2 aromatic rings. The van der Waals surface area contributed by atoms with E-state index in [0.29, 0.717) is 36.0 Å². The van der Waals surface area contributed by atoms with Gasteiger partial charge in [-0.3, -0.25) is 4.79 Å². The normalized spacial score (nSPS) is 15.0. The molecule has 0 spiro atoms. The first kappa shape index (κ1) is 21.0. The van der Waals surface area contributed by atoms with E-state index < -0.39 is 15.9 Å². The van der Waals surface area contributed by atoms with Gasteiger partial charge in [-0.05, 0) is 25.0 Å². The Morgan fingerprint density at radius 2 is 1.62 bits per heavy atom. The van der Waals surface area contributed by atoms with E-state index in [4.69, 9.17) is 18.6 Å². The number of methoxy groups -OCH3 is 3. The standard InChI is InChI=1S/C19H24N2O7S/c1-25-15-11-13(12-16(26-2)18(15)27-3)20-19(22)14-7-8-17(28-14)29(23,24)21-9-5-4-6-10-21/h7-8,11-12H,4-6,9-10H2,1-3H3,(H,20,22). The van der Waals surface area contributed by atoms with Gasteiger partial charge in [0.15, 0.2) is 17.3 Å². The summed E-state index contributed by atoms with van der Waals surface area (Å²) >= 11 is 0. The summed E-state index contributed by atoms with van der Waals surface area (Å²) in [6.07, 6.45) is 2.63. The number of benzene rings is 1. The summed E-state index contributed by atoms with van der Waals surface area (Å²) in [5, 5.41) is 2.41. The van der Waals surface area contributed by atoms with Crippen molar-refractivity contribution < 1.29 is 31.8 Å². The topological polar surface area (TPSA) is 107 Å². The van der Waals surface area contributed by atoms with Crippen molar-refractivity contribution in [1.29, 1.82) is 0 Å². The van der Waals surface area contributed by atoms with E-state index in [1.165, 1.54) is 37.8 Å². The number of amides is 1. The summed E-state index contributed by atoms with van der Waals surface area (Å²) in [4.78, 5) is 12.6. The molecule has 0 bridgehead atoms. The second-order valence-electron chi connectivity index (χ2n) is 6.45. The number of furan rings is 1. The number of nitrogens with zero attached hydrogens (tertiary/aromatic N) is 1. The second kappa shape index (κ2) is 8.75. The van der Waals surface area contributed by atoms with Crippen LogP contribution >= 0.6 is 0 Å². The Hall–Kier alpha value is -2.72. The van der Waals surface area contributed by atoms with E-state index in [9.17, 15) is 13.2 Å². The summed E-state index contributed by atoms with van der Waals surface area (Å²) in [6.45, 7) is 0.909. The van der Waals surface area contributed by atoms with Gasteiger partial charge in [-0.1, -0.05) is 6.42 Å². The zero-order valence-corrected chi connectivity index (χ0v) is 17.4. The van der Waals surface area contributed by atoms with Crippen LogP contribution in [0.25, 0.3) is 0 Å². The number of nitrogens with one attached hydrogen (secondary N) is 1. The van der Waals surface area contributed by atoms with Crippen molar-refractivity contribution >= 4 is 21.6 Å². The van der Waals surface area contributed by atoms with Crippen molar-refractivity contribution in [1.82, 2.24) is 4.31 Å². The van der Waals surface area contributed by atoms with Crippen LogP contribution in [0.4, 0.5) is 5.69 Å². The highest BCUT2D eigenvalue weighted by Crippen LogP contribution is 2.40. The number of carbonyl (C=O) groups excluding carboxylic acids is 1. The Kier molecular flexibility index (Phi) is 6.33. The Bertz CT molecular complexity index is 953. The molecule has 3 rings (SSSR count). The third kappa shape index (κ3) is 4.33. The number of sulfonamides is 1. The van der Waals surface area contributed by atoms with Gasteiger partial charge in [0.2, 0.25) is 10.8 Å². The highest BCUT2D eigenvalue weighted by atomic mass is 32.2. The third-order valence-corrected chi connectivity index (χ3v) is 6.41. The van der Waals surface area contributed by atoms with Gasteiger partial charge < -0.3 is 23.9 Å². The van der Waals surface area contributed by atoms with Gasteiger partial charge in [0.1, 0.15) is 0 Å². The van der Waals surface area contributed by atoms with Crippen LogP contribution in [0.15, 0.2) is 33.8 Å². The Labute approximate surface area is 169 Å². The molecule has 0 saturated carbocycles. The predicted molar refractivity (Wildman–Crippen MR) is 105 cm³/mol. The van der Waals surface area contributed by atoms with Crippen LogP contribution in [-0.4, -0.2) is 53.0 Å². The summed E-state index contributed by atoms with van der Waals surface area (Å²) in [5.41, 5.74) is 0.376. The molecule has 1 aromatic carbocycles. The first-order chi connectivity index (χ1) is 13.9. The highest BCUT2D eigenvalue weighted by Gasteiger charge is 2.29. The average molecular weight is 424 g/mol. The van der Waals surface area contributed by atoms with E-state index in [1.807, 2.05) is 0 Å². The molecule has 1 fully saturated rings. The van der Waals surface area contributed by atoms with Crippen LogP contribution in [0.5, 0.6) is 17.2 Å². The summed E-state index contributed by atoms with van der Waals surface area (Å²) in [6, 6.07) is 5.76. The molecule has 0 radical (unpaired) electrons. The molecule has 0 atom stereocenters. The van der Waals surface area contributed by atoms with Crippen LogP contribution < -0.4 is 19.5 Å². The first-order valence-electron chi connectivity index (χ1n) is 9.12. The number of hydrogen-bond donors (Lipinski definition) is 1. The maximum absolute atomic E-state index is 12.7. The number of piperidine rings is 1. The van der Waals surface area contributed by atoms with Gasteiger partial charge in [-0.15, -0.1) is 0 Å². The SMILES string of the molecule is COc1cc(NC(=O)c2ccc(S(=O)(=O)N3CCCCC3)o2)cc(OC)c1OC. The number of carbonyl (C=O) groups is 1. The Morgan fingerprint density at radius 1 is 1.00 bits per heavy atom. The van der Waals surface area contributed by atoms with E-state index in [1.54, 1.807) is 12.1 Å². The van der Waals surface area contributed by atoms with Crippen molar-refractivity contribution in [2.45, 2.75) is 24.4 Å². The van der Waals surface area contributed by atoms with E-state index >= 15 is 0 Å². The smallest absolute Gasteiger partial charge is 0.291 e. The molecular formula is C19H24N2O7S. The number of hydrogen-bond acceptors (Lipinski definition) is 7. The average Bonchev–Trinajstić information content (AvgIpc) is 3.25.